The Labute approximate surface area is 177 Å². The number of benzene rings is 1. The van der Waals surface area contributed by atoms with Gasteiger partial charge in [-0.2, -0.15) is 5.10 Å². The molecule has 0 saturated carbocycles. The summed E-state index contributed by atoms with van der Waals surface area (Å²) >= 11 is 7.75. The molecule has 1 unspecified atom stereocenters. The van der Waals surface area contributed by atoms with Crippen molar-refractivity contribution in [1.82, 2.24) is 19.7 Å². The molecule has 0 N–H and O–H groups in total. The number of rotatable bonds is 3. The predicted molar refractivity (Wildman–Crippen MR) is 117 cm³/mol. The van der Waals surface area contributed by atoms with Crippen LogP contribution in [0, 0.1) is 0 Å². The lowest BCUT2D eigenvalue weighted by atomic mass is 9.97. The average molecular weight is 426 g/mol. The van der Waals surface area contributed by atoms with Gasteiger partial charge in [-0.15, -0.1) is 11.3 Å². The molecule has 1 aliphatic rings. The number of hydrogen-bond donors (Lipinski definition) is 0. The normalized spacial score (nSPS) is 19.8. The molecule has 0 spiro atoms. The summed E-state index contributed by atoms with van der Waals surface area (Å²) in [5.74, 6) is 0.957. The second-order valence-electron chi connectivity index (χ2n) is 7.43. The minimum Gasteiger partial charge on any atom is -0.367 e. The zero-order chi connectivity index (χ0) is 20.0. The highest BCUT2D eigenvalue weighted by Gasteiger charge is 2.36. The molecule has 0 bridgehead atoms. The van der Waals surface area contributed by atoms with Gasteiger partial charge in [-0.1, -0.05) is 23.7 Å². The zero-order valence-corrected chi connectivity index (χ0v) is 17.7. The van der Waals surface area contributed by atoms with Crippen molar-refractivity contribution >= 4 is 39.0 Å². The number of thiophene rings is 1. The van der Waals surface area contributed by atoms with Crippen LogP contribution in [-0.2, 0) is 17.4 Å². The van der Waals surface area contributed by atoms with E-state index in [1.165, 1.54) is 0 Å². The smallest absolute Gasteiger partial charge is 0.150 e. The molecule has 0 amide bonds. The van der Waals surface area contributed by atoms with Crippen LogP contribution in [0.25, 0.3) is 20.7 Å². The summed E-state index contributed by atoms with van der Waals surface area (Å²) in [6.45, 7) is 4.24. The van der Waals surface area contributed by atoms with Crippen molar-refractivity contribution in [3.8, 4) is 10.4 Å². The van der Waals surface area contributed by atoms with Crippen molar-refractivity contribution in [3.63, 3.8) is 0 Å². The van der Waals surface area contributed by atoms with Gasteiger partial charge in [-0.05, 0) is 30.7 Å². The lowest BCUT2D eigenvalue weighted by Gasteiger charge is -2.40. The Morgan fingerprint density at radius 3 is 2.79 bits per heavy atom. The van der Waals surface area contributed by atoms with Crippen LogP contribution in [0.1, 0.15) is 12.5 Å². The molecular weight excluding hydrogens is 406 g/mol. The van der Waals surface area contributed by atoms with Gasteiger partial charge in [0.15, 0.2) is 0 Å². The van der Waals surface area contributed by atoms with Crippen LogP contribution in [0.3, 0.4) is 0 Å². The number of fused-ring (bicyclic) bond motifs is 1. The molecule has 3 aromatic heterocycles. The molecular formula is C21H20ClN5OS. The maximum atomic E-state index is 6.17. The summed E-state index contributed by atoms with van der Waals surface area (Å²) in [7, 11) is 1.92. The van der Waals surface area contributed by atoms with E-state index >= 15 is 0 Å². The van der Waals surface area contributed by atoms with Gasteiger partial charge in [0.25, 0.3) is 0 Å². The summed E-state index contributed by atoms with van der Waals surface area (Å²) in [4.78, 5) is 12.6. The van der Waals surface area contributed by atoms with Gasteiger partial charge >= 0.3 is 0 Å². The van der Waals surface area contributed by atoms with Gasteiger partial charge in [0.2, 0.25) is 0 Å². The molecule has 6 nitrogen and oxygen atoms in total. The summed E-state index contributed by atoms with van der Waals surface area (Å²) in [5.41, 5.74) is 2.73. The Morgan fingerprint density at radius 1 is 1.21 bits per heavy atom. The number of morpholine rings is 1. The van der Waals surface area contributed by atoms with Crippen molar-refractivity contribution in [3.05, 3.63) is 59.6 Å². The Balaban J connectivity index is 1.52. The summed E-state index contributed by atoms with van der Waals surface area (Å²) < 4.78 is 9.07. The molecule has 1 atom stereocenters. The first kappa shape index (κ1) is 18.5. The third-order valence-corrected chi connectivity index (χ3v) is 6.73. The number of hydrogen-bond acceptors (Lipinski definition) is 6. The maximum Gasteiger partial charge on any atom is 0.150 e. The molecule has 0 aliphatic carbocycles. The van der Waals surface area contributed by atoms with E-state index in [9.17, 15) is 0 Å². The second kappa shape index (κ2) is 7.09. The molecule has 0 radical (unpaired) electrons. The molecule has 1 aromatic carbocycles. The van der Waals surface area contributed by atoms with Crippen LogP contribution < -0.4 is 4.90 Å². The van der Waals surface area contributed by atoms with E-state index in [0.717, 1.165) is 43.6 Å². The fraction of sp³-hybridized carbons (Fsp3) is 0.286. The molecule has 1 aliphatic heterocycles. The monoisotopic (exact) mass is 425 g/mol. The second-order valence-corrected chi connectivity index (χ2v) is 8.92. The zero-order valence-electron chi connectivity index (χ0n) is 16.2. The number of nitrogens with zero attached hydrogens (tertiary/aromatic N) is 5. The van der Waals surface area contributed by atoms with Crippen LogP contribution in [0.15, 0.2) is 49.1 Å². The van der Waals surface area contributed by atoms with E-state index in [0.29, 0.717) is 13.2 Å². The molecule has 4 heterocycles. The molecule has 148 valence electrons. The molecule has 4 aromatic rings. The Morgan fingerprint density at radius 2 is 2.03 bits per heavy atom. The third kappa shape index (κ3) is 3.39. The van der Waals surface area contributed by atoms with Gasteiger partial charge in [0.1, 0.15) is 17.7 Å². The summed E-state index contributed by atoms with van der Waals surface area (Å²) in [6.07, 6.45) is 5.54. The highest BCUT2D eigenvalue weighted by Crippen LogP contribution is 2.39. The number of anilines is 1. The minimum atomic E-state index is -0.431. The van der Waals surface area contributed by atoms with Crippen LogP contribution in [0.4, 0.5) is 5.82 Å². The first-order chi connectivity index (χ1) is 14.0. The SMILES string of the molecule is Cn1cc(C2(C)CN(c3ncnc4cc(-c5ccc(Cl)cc5)sc34)CCO2)cn1. The van der Waals surface area contributed by atoms with Crippen molar-refractivity contribution in [2.45, 2.75) is 12.5 Å². The van der Waals surface area contributed by atoms with Crippen molar-refractivity contribution in [2.75, 3.05) is 24.6 Å². The Hall–Kier alpha value is -2.48. The molecule has 8 heteroatoms. The van der Waals surface area contributed by atoms with Crippen molar-refractivity contribution in [1.29, 1.82) is 0 Å². The van der Waals surface area contributed by atoms with Crippen LogP contribution in [0.5, 0.6) is 0 Å². The number of halogens is 1. The quantitative estimate of drug-likeness (QED) is 0.483. The van der Waals surface area contributed by atoms with Crippen LogP contribution >= 0.6 is 22.9 Å². The third-order valence-electron chi connectivity index (χ3n) is 5.31. The molecule has 1 saturated heterocycles. The molecule has 1 fully saturated rings. The fourth-order valence-electron chi connectivity index (χ4n) is 3.74. The van der Waals surface area contributed by atoms with Crippen molar-refractivity contribution in [2.24, 2.45) is 7.05 Å². The highest BCUT2D eigenvalue weighted by atomic mass is 35.5. The Kier molecular flexibility index (Phi) is 4.53. The van der Waals surface area contributed by atoms with Gasteiger partial charge in [-0.3, -0.25) is 4.68 Å². The van der Waals surface area contributed by atoms with E-state index in [1.807, 2.05) is 48.4 Å². The van der Waals surface area contributed by atoms with Gasteiger partial charge in [-0.25, -0.2) is 9.97 Å². The topological polar surface area (TPSA) is 56.1 Å². The summed E-state index contributed by atoms with van der Waals surface area (Å²) in [5, 5.41) is 5.05. The largest absolute Gasteiger partial charge is 0.367 e. The summed E-state index contributed by atoms with van der Waals surface area (Å²) in [6, 6.07) is 10.0. The highest BCUT2D eigenvalue weighted by molar-refractivity contribution is 7.22. The lowest BCUT2D eigenvalue weighted by Crippen LogP contribution is -2.48. The van der Waals surface area contributed by atoms with Gasteiger partial charge in [0.05, 0.1) is 29.6 Å². The van der Waals surface area contributed by atoms with E-state index in [1.54, 1.807) is 17.7 Å². The first-order valence-electron chi connectivity index (χ1n) is 9.40. The average Bonchev–Trinajstić information content (AvgIpc) is 3.35. The number of aryl methyl sites for hydroxylation is 1. The number of ether oxygens (including phenoxy) is 1. The van der Waals surface area contributed by atoms with Crippen LogP contribution in [0.2, 0.25) is 5.02 Å². The molecule has 5 rings (SSSR count). The molecule has 29 heavy (non-hydrogen) atoms. The predicted octanol–water partition coefficient (Wildman–Crippen LogP) is 4.50. The number of aromatic nitrogens is 4. The van der Waals surface area contributed by atoms with Crippen LogP contribution in [-0.4, -0.2) is 39.4 Å². The Bertz CT molecular complexity index is 1170. The standard InChI is InChI=1S/C21H20ClN5OS/c1-21(15-10-25-26(2)11-15)12-27(7-8-28-21)20-19-17(23-13-24-20)9-18(29-19)14-3-5-16(22)6-4-14/h3-6,9-11,13H,7-8,12H2,1-2H3. The van der Waals surface area contributed by atoms with E-state index in [-0.39, 0.29) is 0 Å². The van der Waals surface area contributed by atoms with Gasteiger partial charge in [0, 0.05) is 35.3 Å². The van der Waals surface area contributed by atoms with E-state index in [4.69, 9.17) is 16.3 Å². The maximum absolute atomic E-state index is 6.17. The lowest BCUT2D eigenvalue weighted by molar-refractivity contribution is -0.0467. The van der Waals surface area contributed by atoms with E-state index < -0.39 is 5.60 Å². The van der Waals surface area contributed by atoms with Crippen molar-refractivity contribution < 1.29 is 4.74 Å². The van der Waals surface area contributed by atoms with Gasteiger partial charge < -0.3 is 9.64 Å². The fourth-order valence-corrected chi connectivity index (χ4v) is 5.00. The first-order valence-corrected chi connectivity index (χ1v) is 10.6. The minimum absolute atomic E-state index is 0.431. The van der Waals surface area contributed by atoms with E-state index in [2.05, 4.69) is 33.0 Å².